The van der Waals surface area contributed by atoms with Crippen LogP contribution in [0.15, 0.2) is 0 Å². The van der Waals surface area contributed by atoms with E-state index < -0.39 is 53.1 Å². The van der Waals surface area contributed by atoms with Crippen molar-refractivity contribution in [1.82, 2.24) is 19.9 Å². The van der Waals surface area contributed by atoms with Crippen molar-refractivity contribution in [1.29, 1.82) is 0 Å². The molecule has 7 aliphatic rings. The summed E-state index contributed by atoms with van der Waals surface area (Å²) in [5.41, 5.74) is -2.99. The van der Waals surface area contributed by atoms with Gasteiger partial charge in [0.2, 0.25) is 0 Å². The first kappa shape index (κ1) is 44.6. The molecular formula is C44H76N4O10. The van der Waals surface area contributed by atoms with Gasteiger partial charge in [-0.15, -0.1) is 0 Å². The number of fused-ring (bicyclic) bond motifs is 8. The Morgan fingerprint density at radius 1 is 0.534 bits per heavy atom. The molecule has 0 radical (unpaired) electrons. The van der Waals surface area contributed by atoms with E-state index in [0.717, 1.165) is 32.1 Å². The molecule has 14 heteroatoms. The zero-order valence-electron chi connectivity index (χ0n) is 38.2. The Kier molecular flexibility index (Phi) is 11.6. The number of carbonyl (C=O) groups excluding carboxylic acids is 2. The van der Waals surface area contributed by atoms with E-state index in [0.29, 0.717) is 52.0 Å². The zero-order chi connectivity index (χ0) is 42.5. The van der Waals surface area contributed by atoms with E-state index in [1.165, 1.54) is 0 Å². The number of rotatable bonds is 8. The second-order valence-electron chi connectivity index (χ2n) is 22.4. The predicted molar refractivity (Wildman–Crippen MR) is 216 cm³/mol. The van der Waals surface area contributed by atoms with Gasteiger partial charge in [-0.1, -0.05) is 0 Å². The second kappa shape index (κ2) is 15.1. The number of ether oxygens (including phenoxy) is 6. The summed E-state index contributed by atoms with van der Waals surface area (Å²) in [7, 11) is 3.50. The van der Waals surface area contributed by atoms with E-state index in [2.05, 4.69) is 103 Å². The van der Waals surface area contributed by atoms with Crippen LogP contribution in [0.25, 0.3) is 0 Å². The number of hydrogen-bond acceptors (Lipinski definition) is 14. The largest absolute Gasteiger partial charge is 0.462 e. The fourth-order valence-corrected chi connectivity index (χ4v) is 13.9. The van der Waals surface area contributed by atoms with Crippen LogP contribution in [-0.2, 0) is 47.7 Å². The van der Waals surface area contributed by atoms with Gasteiger partial charge in [-0.05, 0) is 115 Å². The van der Waals surface area contributed by atoms with Crippen molar-refractivity contribution in [2.24, 2.45) is 0 Å². The molecule has 0 aromatic rings. The highest BCUT2D eigenvalue weighted by Crippen LogP contribution is 2.54. The molecule has 7 fully saturated rings. The minimum absolute atomic E-state index is 0.0589. The number of hydrogen-bond donors (Lipinski definition) is 0. The van der Waals surface area contributed by atoms with Crippen LogP contribution in [0.3, 0.4) is 0 Å². The summed E-state index contributed by atoms with van der Waals surface area (Å²) in [6.07, 6.45) is 4.92. The quantitative estimate of drug-likeness (QED) is 0.219. The van der Waals surface area contributed by atoms with Gasteiger partial charge in [0, 0.05) is 72.0 Å². The first-order valence-electron chi connectivity index (χ1n) is 22.0. The lowest BCUT2D eigenvalue weighted by Crippen LogP contribution is -2.69. The molecule has 7 aliphatic heterocycles. The fraction of sp³-hybridized carbons (Fsp3) is 0.955. The minimum atomic E-state index is -0.694. The summed E-state index contributed by atoms with van der Waals surface area (Å²) in [5.74, 6) is -1.10. The van der Waals surface area contributed by atoms with Gasteiger partial charge in [0.25, 0.3) is 0 Å². The van der Waals surface area contributed by atoms with E-state index in [4.69, 9.17) is 38.1 Å². The maximum Gasteiger partial charge on any atom is 0.317 e. The summed E-state index contributed by atoms with van der Waals surface area (Å²) < 4.78 is 39.6. The van der Waals surface area contributed by atoms with Crippen LogP contribution in [-0.4, -0.2) is 154 Å². The molecule has 7 heterocycles. The van der Waals surface area contributed by atoms with E-state index in [9.17, 15) is 9.59 Å². The van der Waals surface area contributed by atoms with Gasteiger partial charge < -0.3 is 38.1 Å². The molecule has 0 aromatic heterocycles. The Morgan fingerprint density at radius 3 is 1.21 bits per heavy atom. The van der Waals surface area contributed by atoms with Crippen molar-refractivity contribution in [2.45, 2.75) is 229 Å². The summed E-state index contributed by atoms with van der Waals surface area (Å²) in [5, 5.41) is 4.21. The Bertz CT molecular complexity index is 1410. The average molecular weight is 821 g/mol. The smallest absolute Gasteiger partial charge is 0.317 e. The molecule has 0 saturated carbocycles. The number of nitrogens with zero attached hydrogens (tertiary/aromatic N) is 4. The third-order valence-corrected chi connectivity index (χ3v) is 14.8. The van der Waals surface area contributed by atoms with E-state index in [1.807, 2.05) is 0 Å². The van der Waals surface area contributed by atoms with Gasteiger partial charge in [0.15, 0.2) is 0 Å². The highest BCUT2D eigenvalue weighted by molar-refractivity contribution is 5.91. The van der Waals surface area contributed by atoms with E-state index in [-0.39, 0.29) is 46.6 Å². The topological polar surface area (TPSA) is 121 Å². The lowest BCUT2D eigenvalue weighted by molar-refractivity contribution is -0.281. The predicted octanol–water partition coefficient (Wildman–Crippen LogP) is 5.74. The molecule has 332 valence electrons. The number of hydroxylamine groups is 4. The van der Waals surface area contributed by atoms with Crippen LogP contribution < -0.4 is 0 Å². The molecule has 0 amide bonds. The molecule has 0 aliphatic carbocycles. The van der Waals surface area contributed by atoms with Gasteiger partial charge in [0.05, 0.1) is 51.8 Å². The fourth-order valence-electron chi connectivity index (χ4n) is 13.9. The highest BCUT2D eigenvalue weighted by atomic mass is 16.7. The van der Waals surface area contributed by atoms with Gasteiger partial charge in [-0.2, -0.15) is 10.1 Å². The van der Waals surface area contributed by atoms with Crippen LogP contribution in [0, 0.1) is 0 Å². The molecular weight excluding hydrogens is 745 g/mol. The number of esters is 2. The summed E-state index contributed by atoms with van der Waals surface area (Å²) in [6.45, 7) is 28.9. The van der Waals surface area contributed by atoms with Gasteiger partial charge in [-0.3, -0.25) is 19.4 Å². The standard InChI is InChI=1S/C44H76N4O10/c1-37(2)16-29(17-38(3,4)47(37)51-13)53-26-33-24-45-41(9)20-31(22-43(45,11)57-33)55-35(49)15-36(50)56-32-21-42(10,28-41)46-25-34(58-44(46,12)23-32)27-54-30-18-39(5,6)48(52-14)40(7,8)19-30/h29-34H,15-28H2,1-14H3. The highest BCUT2D eigenvalue weighted by Gasteiger charge is 2.63. The van der Waals surface area contributed by atoms with Crippen LogP contribution >= 0.6 is 0 Å². The zero-order valence-corrected chi connectivity index (χ0v) is 38.2. The van der Waals surface area contributed by atoms with Crippen molar-refractivity contribution < 1.29 is 47.7 Å². The maximum absolute atomic E-state index is 13.3. The monoisotopic (exact) mass is 821 g/mol. The van der Waals surface area contributed by atoms with Crippen molar-refractivity contribution >= 4 is 11.9 Å². The Morgan fingerprint density at radius 2 is 0.879 bits per heavy atom. The molecule has 0 N–H and O–H groups in total. The Labute approximate surface area is 348 Å². The Hall–Kier alpha value is -1.46. The van der Waals surface area contributed by atoms with Gasteiger partial charge in [-0.25, -0.2) is 0 Å². The van der Waals surface area contributed by atoms with Crippen molar-refractivity contribution in [3.8, 4) is 0 Å². The van der Waals surface area contributed by atoms with Crippen LogP contribution in [0.4, 0.5) is 0 Å². The minimum Gasteiger partial charge on any atom is -0.462 e. The average Bonchev–Trinajstić information content (AvgIpc) is 3.57. The molecule has 58 heavy (non-hydrogen) atoms. The summed E-state index contributed by atoms with van der Waals surface area (Å²) in [4.78, 5) is 43.3. The van der Waals surface area contributed by atoms with Gasteiger partial charge >= 0.3 is 11.9 Å². The van der Waals surface area contributed by atoms with Crippen LogP contribution in [0.2, 0.25) is 0 Å². The molecule has 8 atom stereocenters. The first-order valence-corrected chi connectivity index (χ1v) is 22.0. The van der Waals surface area contributed by atoms with Crippen molar-refractivity contribution in [3.05, 3.63) is 0 Å². The molecule has 4 bridgehead atoms. The SMILES string of the molecule is CON1C(C)(C)CC(OCC2CN3C4(C)CC(CC3(C)O2)OC(=O)CC(=O)OC2CC(C)(C4)N3CC(COC4CC(C)(C)N(OC)C(C)(C)C4)OC3(C)C2)CC1(C)C. The maximum atomic E-state index is 13.3. The molecule has 0 spiro atoms. The Balaban J connectivity index is 1.11. The molecule has 8 unspecified atom stereocenters. The third-order valence-electron chi connectivity index (χ3n) is 14.8. The first-order chi connectivity index (χ1) is 26.7. The van der Waals surface area contributed by atoms with Gasteiger partial charge in [0.1, 0.15) is 30.1 Å². The summed E-state index contributed by atoms with van der Waals surface area (Å²) >= 11 is 0. The normalized spacial score (nSPS) is 42.5. The van der Waals surface area contributed by atoms with Crippen LogP contribution in [0.1, 0.15) is 147 Å². The van der Waals surface area contributed by atoms with E-state index >= 15 is 0 Å². The lowest BCUT2D eigenvalue weighted by Gasteiger charge is -2.59. The molecule has 0 aromatic carbocycles. The lowest BCUT2D eigenvalue weighted by atomic mass is 9.69. The summed E-state index contributed by atoms with van der Waals surface area (Å²) in [6, 6.07) is 0. The van der Waals surface area contributed by atoms with E-state index in [1.54, 1.807) is 14.2 Å². The molecule has 14 nitrogen and oxygen atoms in total. The van der Waals surface area contributed by atoms with Crippen molar-refractivity contribution in [3.63, 3.8) is 0 Å². The molecule has 7 saturated heterocycles. The number of piperidine rings is 4. The number of carbonyl (C=O) groups is 2. The van der Waals surface area contributed by atoms with Crippen LogP contribution in [0.5, 0.6) is 0 Å². The van der Waals surface area contributed by atoms with Crippen molar-refractivity contribution in [2.75, 3.05) is 40.5 Å². The molecule has 7 rings (SSSR count). The third kappa shape index (κ3) is 8.39. The second-order valence-corrected chi connectivity index (χ2v) is 22.4.